The fourth-order valence-electron chi connectivity index (χ4n) is 2.21. The SMILES string of the molecule is Cc1c(C(=O)Nc2cccc(S(=O)(=O)N(C)C)c2)cccc1[N+](=O)[O-]. The first-order valence-electron chi connectivity index (χ1n) is 7.22. The second-order valence-electron chi connectivity index (χ2n) is 5.48. The molecule has 0 saturated heterocycles. The number of benzene rings is 2. The first kappa shape index (κ1) is 18.6. The number of nitro groups is 1. The van der Waals surface area contributed by atoms with E-state index in [2.05, 4.69) is 5.32 Å². The molecule has 0 bridgehead atoms. The lowest BCUT2D eigenvalue weighted by molar-refractivity contribution is -0.385. The molecule has 0 saturated carbocycles. The highest BCUT2D eigenvalue weighted by Gasteiger charge is 2.20. The minimum Gasteiger partial charge on any atom is -0.322 e. The number of carbonyl (C=O) groups is 1. The third kappa shape index (κ3) is 3.83. The first-order valence-corrected chi connectivity index (χ1v) is 8.66. The molecule has 0 fully saturated rings. The number of nitrogens with zero attached hydrogens (tertiary/aromatic N) is 2. The number of anilines is 1. The average Bonchev–Trinajstić information content (AvgIpc) is 2.54. The van der Waals surface area contributed by atoms with E-state index < -0.39 is 20.9 Å². The zero-order chi connectivity index (χ0) is 18.8. The molecular weight excluding hydrogens is 346 g/mol. The molecular formula is C16H17N3O5S. The van der Waals surface area contributed by atoms with Gasteiger partial charge in [0.2, 0.25) is 10.0 Å². The molecule has 1 amide bonds. The summed E-state index contributed by atoms with van der Waals surface area (Å²) in [5, 5.41) is 13.5. The summed E-state index contributed by atoms with van der Waals surface area (Å²) < 4.78 is 25.4. The number of hydrogen-bond acceptors (Lipinski definition) is 5. The van der Waals surface area contributed by atoms with Gasteiger partial charge in [-0.05, 0) is 31.2 Å². The molecule has 2 rings (SSSR count). The van der Waals surface area contributed by atoms with Crippen molar-refractivity contribution in [3.8, 4) is 0 Å². The zero-order valence-corrected chi connectivity index (χ0v) is 14.7. The molecule has 0 aliphatic carbocycles. The summed E-state index contributed by atoms with van der Waals surface area (Å²) in [7, 11) is -0.814. The monoisotopic (exact) mass is 363 g/mol. The molecule has 132 valence electrons. The van der Waals surface area contributed by atoms with Gasteiger partial charge in [-0.3, -0.25) is 14.9 Å². The Hall–Kier alpha value is -2.78. The van der Waals surface area contributed by atoms with Crippen molar-refractivity contribution in [2.24, 2.45) is 0 Å². The van der Waals surface area contributed by atoms with Crippen molar-refractivity contribution in [3.05, 3.63) is 63.7 Å². The van der Waals surface area contributed by atoms with Crippen molar-refractivity contribution in [1.29, 1.82) is 0 Å². The highest BCUT2D eigenvalue weighted by Crippen LogP contribution is 2.23. The molecule has 0 aromatic heterocycles. The number of amides is 1. The summed E-state index contributed by atoms with van der Waals surface area (Å²) in [6.45, 7) is 1.49. The Morgan fingerprint density at radius 1 is 1.16 bits per heavy atom. The van der Waals surface area contributed by atoms with Gasteiger partial charge in [0.25, 0.3) is 11.6 Å². The van der Waals surface area contributed by atoms with Gasteiger partial charge in [-0.2, -0.15) is 0 Å². The topological polar surface area (TPSA) is 110 Å². The maximum atomic E-state index is 12.4. The lowest BCUT2D eigenvalue weighted by atomic mass is 10.1. The minimum absolute atomic E-state index is 0.0334. The van der Waals surface area contributed by atoms with Crippen LogP contribution in [0.2, 0.25) is 0 Å². The van der Waals surface area contributed by atoms with E-state index in [9.17, 15) is 23.3 Å². The van der Waals surface area contributed by atoms with E-state index in [0.29, 0.717) is 0 Å². The zero-order valence-electron chi connectivity index (χ0n) is 13.9. The first-order chi connectivity index (χ1) is 11.6. The lowest BCUT2D eigenvalue weighted by Gasteiger charge is -2.13. The molecule has 0 spiro atoms. The van der Waals surface area contributed by atoms with Gasteiger partial charge < -0.3 is 5.32 Å². The predicted octanol–water partition coefficient (Wildman–Crippen LogP) is 2.41. The van der Waals surface area contributed by atoms with Crippen LogP contribution in [0.25, 0.3) is 0 Å². The van der Waals surface area contributed by atoms with E-state index >= 15 is 0 Å². The van der Waals surface area contributed by atoms with Gasteiger partial charge in [0.05, 0.1) is 9.82 Å². The van der Waals surface area contributed by atoms with Gasteiger partial charge in [0.1, 0.15) is 0 Å². The average molecular weight is 363 g/mol. The van der Waals surface area contributed by atoms with Crippen LogP contribution in [0.15, 0.2) is 47.4 Å². The van der Waals surface area contributed by atoms with Crippen LogP contribution in [0.4, 0.5) is 11.4 Å². The Labute approximate surface area is 145 Å². The predicted molar refractivity (Wildman–Crippen MR) is 93.1 cm³/mol. The fraction of sp³-hybridized carbons (Fsp3) is 0.188. The summed E-state index contributed by atoms with van der Waals surface area (Å²) in [6, 6.07) is 10.0. The molecule has 9 heteroatoms. The van der Waals surface area contributed by atoms with Crippen LogP contribution in [0.1, 0.15) is 15.9 Å². The largest absolute Gasteiger partial charge is 0.322 e. The van der Waals surface area contributed by atoms with E-state index in [1.54, 1.807) is 6.07 Å². The second-order valence-corrected chi connectivity index (χ2v) is 7.63. The van der Waals surface area contributed by atoms with Crippen LogP contribution in [0, 0.1) is 17.0 Å². The third-order valence-electron chi connectivity index (χ3n) is 3.62. The summed E-state index contributed by atoms with van der Waals surface area (Å²) in [5.41, 5.74) is 0.507. The van der Waals surface area contributed by atoms with E-state index in [1.807, 2.05) is 0 Å². The molecule has 0 radical (unpaired) electrons. The van der Waals surface area contributed by atoms with Gasteiger partial charge in [0.15, 0.2) is 0 Å². The number of sulfonamides is 1. The number of nitrogens with one attached hydrogen (secondary N) is 1. The smallest absolute Gasteiger partial charge is 0.273 e. The molecule has 2 aromatic carbocycles. The van der Waals surface area contributed by atoms with E-state index in [4.69, 9.17) is 0 Å². The van der Waals surface area contributed by atoms with Gasteiger partial charge in [-0.1, -0.05) is 12.1 Å². The number of hydrogen-bond donors (Lipinski definition) is 1. The second kappa shape index (κ2) is 6.99. The van der Waals surface area contributed by atoms with Gasteiger partial charge >= 0.3 is 0 Å². The van der Waals surface area contributed by atoms with Crippen LogP contribution in [-0.4, -0.2) is 37.6 Å². The molecule has 0 unspecified atom stereocenters. The molecule has 0 heterocycles. The Bertz CT molecular complexity index is 939. The van der Waals surface area contributed by atoms with E-state index in [-0.39, 0.29) is 27.4 Å². The summed E-state index contributed by atoms with van der Waals surface area (Å²) in [6.07, 6.45) is 0. The van der Waals surface area contributed by atoms with E-state index in [0.717, 1.165) is 4.31 Å². The maximum Gasteiger partial charge on any atom is 0.273 e. The van der Waals surface area contributed by atoms with Crippen LogP contribution in [-0.2, 0) is 10.0 Å². The van der Waals surface area contributed by atoms with Crippen molar-refractivity contribution in [1.82, 2.24) is 4.31 Å². The van der Waals surface area contributed by atoms with Crippen LogP contribution in [0.5, 0.6) is 0 Å². The Morgan fingerprint density at radius 3 is 2.40 bits per heavy atom. The highest BCUT2D eigenvalue weighted by atomic mass is 32.2. The molecule has 0 aliphatic rings. The highest BCUT2D eigenvalue weighted by molar-refractivity contribution is 7.89. The number of nitro benzene ring substituents is 1. The molecule has 0 aliphatic heterocycles. The molecule has 2 aromatic rings. The van der Waals surface area contributed by atoms with Crippen molar-refractivity contribution in [2.75, 3.05) is 19.4 Å². The summed E-state index contributed by atoms with van der Waals surface area (Å²) >= 11 is 0. The standard InChI is InChI=1S/C16H17N3O5S/c1-11-14(8-5-9-15(11)19(21)22)16(20)17-12-6-4-7-13(10-12)25(23,24)18(2)3/h4-10H,1-3H3,(H,17,20). The molecule has 25 heavy (non-hydrogen) atoms. The molecule has 1 N–H and O–H groups in total. The Morgan fingerprint density at radius 2 is 1.80 bits per heavy atom. The maximum absolute atomic E-state index is 12.4. The van der Waals surface area contributed by atoms with E-state index in [1.165, 1.54) is 57.4 Å². The molecule has 8 nitrogen and oxygen atoms in total. The third-order valence-corrected chi connectivity index (χ3v) is 5.43. The van der Waals surface area contributed by atoms with Crippen molar-refractivity contribution in [3.63, 3.8) is 0 Å². The minimum atomic E-state index is -3.63. The summed E-state index contributed by atoms with van der Waals surface area (Å²) in [4.78, 5) is 22.9. The van der Waals surface area contributed by atoms with Gasteiger partial charge in [0, 0.05) is 37.0 Å². The van der Waals surface area contributed by atoms with Crippen LogP contribution in [0.3, 0.4) is 0 Å². The number of carbonyl (C=O) groups excluding carboxylic acids is 1. The number of rotatable bonds is 5. The molecule has 0 atom stereocenters. The van der Waals surface area contributed by atoms with Crippen molar-refractivity contribution < 1.29 is 18.1 Å². The van der Waals surface area contributed by atoms with Gasteiger partial charge in [-0.15, -0.1) is 0 Å². The summed E-state index contributed by atoms with van der Waals surface area (Å²) in [5.74, 6) is -0.555. The van der Waals surface area contributed by atoms with Crippen molar-refractivity contribution >= 4 is 27.3 Å². The normalized spacial score (nSPS) is 11.4. The van der Waals surface area contributed by atoms with Crippen LogP contribution >= 0.6 is 0 Å². The van der Waals surface area contributed by atoms with Gasteiger partial charge in [-0.25, -0.2) is 12.7 Å². The quantitative estimate of drug-likeness (QED) is 0.648. The fourth-order valence-corrected chi connectivity index (χ4v) is 3.16. The lowest BCUT2D eigenvalue weighted by Crippen LogP contribution is -2.22. The Kier molecular flexibility index (Phi) is 5.19. The van der Waals surface area contributed by atoms with Crippen molar-refractivity contribution in [2.45, 2.75) is 11.8 Å². The Balaban J connectivity index is 2.34. The van der Waals surface area contributed by atoms with Crippen LogP contribution < -0.4 is 5.32 Å².